The molecule has 18 heavy (non-hydrogen) atoms. The monoisotopic (exact) mass is 282 g/mol. The first-order valence-electron chi connectivity index (χ1n) is 5.53. The summed E-state index contributed by atoms with van der Waals surface area (Å²) in [4.78, 5) is 0. The third kappa shape index (κ3) is 3.82. The van der Waals surface area contributed by atoms with Crippen LogP contribution in [0.15, 0.2) is 42.1 Å². The largest absolute Gasteiger partial charge is 0.358 e. The minimum atomic E-state index is -2.95. The number of thiocarbonyl (C=S) groups is 1. The molecular formula is C12H14N2O2S2. The standard InChI is InChI=1S/C12H14N2O2S2/c15-18(16)7-6-11(9-18)14-12(17)13-8-10-4-2-1-3-5-10/h1-6H,7-9H2,(H2,13,14,17). The fourth-order valence-corrected chi connectivity index (χ4v) is 3.08. The molecule has 0 atom stereocenters. The summed E-state index contributed by atoms with van der Waals surface area (Å²) < 4.78 is 22.5. The van der Waals surface area contributed by atoms with Gasteiger partial charge in [0.05, 0.1) is 11.5 Å². The predicted octanol–water partition coefficient (Wildman–Crippen LogP) is 0.963. The molecule has 1 aliphatic rings. The lowest BCUT2D eigenvalue weighted by molar-refractivity contribution is 0.602. The zero-order valence-electron chi connectivity index (χ0n) is 9.72. The second kappa shape index (κ2) is 5.49. The average Bonchev–Trinajstić information content (AvgIpc) is 2.67. The second-order valence-corrected chi connectivity index (χ2v) is 6.59. The second-order valence-electron chi connectivity index (χ2n) is 4.08. The molecule has 0 radical (unpaired) electrons. The number of benzene rings is 1. The van der Waals surface area contributed by atoms with Crippen molar-refractivity contribution in [3.05, 3.63) is 47.7 Å². The van der Waals surface area contributed by atoms with E-state index in [-0.39, 0.29) is 11.5 Å². The van der Waals surface area contributed by atoms with Crippen LogP contribution in [0.2, 0.25) is 0 Å². The number of rotatable bonds is 3. The smallest absolute Gasteiger partial charge is 0.170 e. The Hall–Kier alpha value is -1.40. The Morgan fingerprint density at radius 1 is 1.28 bits per heavy atom. The van der Waals surface area contributed by atoms with Gasteiger partial charge in [-0.1, -0.05) is 30.3 Å². The van der Waals surface area contributed by atoms with E-state index in [9.17, 15) is 8.42 Å². The zero-order chi connectivity index (χ0) is 13.0. The molecule has 4 nitrogen and oxygen atoms in total. The molecule has 1 aromatic rings. The van der Waals surface area contributed by atoms with E-state index in [2.05, 4.69) is 10.6 Å². The van der Waals surface area contributed by atoms with Crippen molar-refractivity contribution in [3.8, 4) is 0 Å². The highest BCUT2D eigenvalue weighted by Crippen LogP contribution is 2.08. The average molecular weight is 282 g/mol. The molecule has 2 N–H and O–H groups in total. The Morgan fingerprint density at radius 2 is 2.00 bits per heavy atom. The van der Waals surface area contributed by atoms with Gasteiger partial charge in [-0.3, -0.25) is 0 Å². The van der Waals surface area contributed by atoms with Gasteiger partial charge in [-0.25, -0.2) is 8.42 Å². The summed E-state index contributed by atoms with van der Waals surface area (Å²) in [7, 11) is -2.95. The first-order chi connectivity index (χ1) is 8.55. The molecule has 0 saturated carbocycles. The molecular weight excluding hydrogens is 268 g/mol. The fourth-order valence-electron chi connectivity index (χ4n) is 1.64. The van der Waals surface area contributed by atoms with Crippen LogP contribution in [0, 0.1) is 0 Å². The van der Waals surface area contributed by atoms with E-state index in [0.717, 1.165) is 5.56 Å². The van der Waals surface area contributed by atoms with Gasteiger partial charge in [0, 0.05) is 12.2 Å². The Balaban J connectivity index is 1.80. The maximum absolute atomic E-state index is 11.2. The summed E-state index contributed by atoms with van der Waals surface area (Å²) in [5, 5.41) is 6.39. The Labute approximate surface area is 112 Å². The molecule has 0 aromatic heterocycles. The quantitative estimate of drug-likeness (QED) is 0.809. The van der Waals surface area contributed by atoms with Crippen molar-refractivity contribution in [1.29, 1.82) is 0 Å². The van der Waals surface area contributed by atoms with Crippen LogP contribution >= 0.6 is 12.2 Å². The van der Waals surface area contributed by atoms with Gasteiger partial charge in [-0.15, -0.1) is 0 Å². The molecule has 96 valence electrons. The van der Waals surface area contributed by atoms with E-state index in [1.165, 1.54) is 0 Å². The van der Waals surface area contributed by atoms with Crippen molar-refractivity contribution in [1.82, 2.24) is 10.6 Å². The van der Waals surface area contributed by atoms with Crippen molar-refractivity contribution in [2.45, 2.75) is 6.54 Å². The third-order valence-electron chi connectivity index (χ3n) is 2.53. The fraction of sp³-hybridized carbons (Fsp3) is 0.250. The summed E-state index contributed by atoms with van der Waals surface area (Å²) >= 11 is 5.11. The molecule has 1 heterocycles. The zero-order valence-corrected chi connectivity index (χ0v) is 11.4. The highest BCUT2D eigenvalue weighted by atomic mass is 32.2. The van der Waals surface area contributed by atoms with Crippen LogP contribution < -0.4 is 10.6 Å². The SMILES string of the molecule is O=S1(=O)CC=C(NC(=S)NCc2ccccc2)C1. The van der Waals surface area contributed by atoms with Crippen LogP contribution in [-0.4, -0.2) is 25.0 Å². The first kappa shape index (κ1) is 13.0. The molecule has 2 rings (SSSR count). The van der Waals surface area contributed by atoms with Crippen molar-refractivity contribution in [3.63, 3.8) is 0 Å². The maximum Gasteiger partial charge on any atom is 0.170 e. The van der Waals surface area contributed by atoms with Crippen LogP contribution in [0.25, 0.3) is 0 Å². The molecule has 1 aromatic carbocycles. The van der Waals surface area contributed by atoms with E-state index in [1.807, 2.05) is 30.3 Å². The topological polar surface area (TPSA) is 58.2 Å². The summed E-state index contributed by atoms with van der Waals surface area (Å²) in [5.41, 5.74) is 1.77. The van der Waals surface area contributed by atoms with Crippen LogP contribution in [0.5, 0.6) is 0 Å². The summed E-state index contributed by atoms with van der Waals surface area (Å²) in [6, 6.07) is 9.86. The molecule has 0 spiro atoms. The van der Waals surface area contributed by atoms with Crippen LogP contribution in [0.3, 0.4) is 0 Å². The van der Waals surface area contributed by atoms with Crippen molar-refractivity contribution in [2.24, 2.45) is 0 Å². The van der Waals surface area contributed by atoms with Crippen LogP contribution in [0.1, 0.15) is 5.56 Å². The van der Waals surface area contributed by atoms with Crippen molar-refractivity contribution >= 4 is 27.2 Å². The highest BCUT2D eigenvalue weighted by molar-refractivity contribution is 7.92. The first-order valence-corrected chi connectivity index (χ1v) is 7.76. The van der Waals surface area contributed by atoms with Crippen LogP contribution in [-0.2, 0) is 16.4 Å². The molecule has 1 aliphatic heterocycles. The molecule has 0 aliphatic carbocycles. The van der Waals surface area contributed by atoms with Crippen LogP contribution in [0.4, 0.5) is 0 Å². The third-order valence-corrected chi connectivity index (χ3v) is 4.20. The number of hydrogen-bond acceptors (Lipinski definition) is 3. The van der Waals surface area contributed by atoms with Gasteiger partial charge in [0.1, 0.15) is 0 Å². The number of sulfone groups is 1. The highest BCUT2D eigenvalue weighted by Gasteiger charge is 2.19. The lowest BCUT2D eigenvalue weighted by atomic mass is 10.2. The molecule has 0 amide bonds. The minimum Gasteiger partial charge on any atom is -0.358 e. The van der Waals surface area contributed by atoms with Gasteiger partial charge >= 0.3 is 0 Å². The Kier molecular flexibility index (Phi) is 3.98. The lowest BCUT2D eigenvalue weighted by Gasteiger charge is -2.10. The van der Waals surface area contributed by atoms with Gasteiger partial charge in [-0.2, -0.15) is 0 Å². The summed E-state index contributed by atoms with van der Waals surface area (Å²) in [6.45, 7) is 0.618. The van der Waals surface area contributed by atoms with E-state index in [1.54, 1.807) is 6.08 Å². The van der Waals surface area contributed by atoms with E-state index < -0.39 is 9.84 Å². The van der Waals surface area contributed by atoms with E-state index in [0.29, 0.717) is 17.4 Å². The molecule has 0 fully saturated rings. The molecule has 0 saturated heterocycles. The van der Waals surface area contributed by atoms with Gasteiger partial charge < -0.3 is 10.6 Å². The molecule has 0 bridgehead atoms. The number of nitrogens with one attached hydrogen (secondary N) is 2. The van der Waals surface area contributed by atoms with Gasteiger partial charge in [0.25, 0.3) is 0 Å². The Bertz CT molecular complexity index is 565. The predicted molar refractivity (Wildman–Crippen MR) is 75.8 cm³/mol. The lowest BCUT2D eigenvalue weighted by Crippen LogP contribution is -2.34. The normalized spacial score (nSPS) is 17.0. The van der Waals surface area contributed by atoms with E-state index >= 15 is 0 Å². The van der Waals surface area contributed by atoms with Crippen molar-refractivity contribution < 1.29 is 8.42 Å². The number of hydrogen-bond donors (Lipinski definition) is 2. The summed E-state index contributed by atoms with van der Waals surface area (Å²) in [5.74, 6) is 0.136. The van der Waals surface area contributed by atoms with Crippen molar-refractivity contribution in [2.75, 3.05) is 11.5 Å². The maximum atomic E-state index is 11.2. The molecule has 6 heteroatoms. The minimum absolute atomic E-state index is 0.0418. The van der Waals surface area contributed by atoms with Gasteiger partial charge in [0.2, 0.25) is 0 Å². The summed E-state index contributed by atoms with van der Waals surface area (Å²) in [6.07, 6.45) is 1.66. The van der Waals surface area contributed by atoms with Gasteiger partial charge in [0.15, 0.2) is 14.9 Å². The Morgan fingerprint density at radius 3 is 2.61 bits per heavy atom. The molecule has 0 unspecified atom stereocenters. The van der Waals surface area contributed by atoms with Gasteiger partial charge in [-0.05, 0) is 23.9 Å². The van der Waals surface area contributed by atoms with E-state index in [4.69, 9.17) is 12.2 Å².